The van der Waals surface area contributed by atoms with Crippen molar-refractivity contribution < 1.29 is 0 Å². The van der Waals surface area contributed by atoms with Crippen LogP contribution < -0.4 is 0 Å². The molecule has 0 aliphatic carbocycles. The zero-order valence-corrected chi connectivity index (χ0v) is 6.88. The van der Waals surface area contributed by atoms with Crippen LogP contribution in [-0.4, -0.2) is 26.3 Å². The predicted molar refractivity (Wildman–Crippen MR) is 49.4 cm³/mol. The minimum absolute atomic E-state index is 1.05. The second-order valence-corrected chi connectivity index (χ2v) is 2.65. The molecule has 0 unspecified atom stereocenters. The van der Waals surface area contributed by atoms with Gasteiger partial charge in [0.2, 0.25) is 0 Å². The van der Waals surface area contributed by atoms with E-state index in [-0.39, 0.29) is 0 Å². The first-order valence-corrected chi connectivity index (χ1v) is 3.74. The van der Waals surface area contributed by atoms with E-state index in [0.29, 0.717) is 0 Å². The fourth-order valence-electron chi connectivity index (χ4n) is 1.30. The van der Waals surface area contributed by atoms with Gasteiger partial charge in [-0.25, -0.2) is 0 Å². The maximum absolute atomic E-state index is 5.45. The Labute approximate surface area is 69.5 Å². The lowest BCUT2D eigenvalue weighted by molar-refractivity contribution is 0.482. The number of rotatable bonds is 1. The van der Waals surface area contributed by atoms with E-state index in [9.17, 15) is 0 Å². The summed E-state index contributed by atoms with van der Waals surface area (Å²) in [6.07, 6.45) is 4.83. The molecular weight excluding hydrogens is 133 g/mol. The van der Waals surface area contributed by atoms with Crippen molar-refractivity contribution in [2.45, 2.75) is 6.42 Å². The summed E-state index contributed by atoms with van der Waals surface area (Å²) in [5.74, 6) is 1.68. The van der Waals surface area contributed by atoms with Crippen molar-refractivity contribution in [2.75, 3.05) is 13.6 Å². The van der Waals surface area contributed by atoms with Gasteiger partial charge in [0.1, 0.15) is 7.85 Å². The third-order valence-corrected chi connectivity index (χ3v) is 1.93. The van der Waals surface area contributed by atoms with Gasteiger partial charge in [0.25, 0.3) is 0 Å². The van der Waals surface area contributed by atoms with Gasteiger partial charge in [-0.2, -0.15) is 0 Å². The van der Waals surface area contributed by atoms with Gasteiger partial charge in [0.05, 0.1) is 0 Å². The van der Waals surface area contributed by atoms with Crippen molar-refractivity contribution in [3.05, 3.63) is 36.0 Å². The molecule has 1 heterocycles. The Morgan fingerprint density at radius 3 is 2.91 bits per heavy atom. The van der Waals surface area contributed by atoms with Gasteiger partial charge in [-0.15, -0.1) is 5.98 Å². The summed E-state index contributed by atoms with van der Waals surface area (Å²) in [6, 6.07) is 0. The van der Waals surface area contributed by atoms with Gasteiger partial charge in [0, 0.05) is 19.3 Å². The maximum atomic E-state index is 5.45. The topological polar surface area (TPSA) is 3.24 Å². The molecule has 1 aliphatic heterocycles. The molecule has 0 amide bonds. The van der Waals surface area contributed by atoms with E-state index in [1.54, 1.807) is 12.1 Å². The largest absolute Gasteiger partial charge is 0.374 e. The molecule has 0 aromatic heterocycles. The zero-order chi connectivity index (χ0) is 8.27. The van der Waals surface area contributed by atoms with Crippen LogP contribution in [0.5, 0.6) is 0 Å². The lowest BCUT2D eigenvalue weighted by Crippen LogP contribution is -2.09. The van der Waals surface area contributed by atoms with E-state index in [1.807, 2.05) is 6.08 Å². The van der Waals surface area contributed by atoms with Crippen molar-refractivity contribution in [3.8, 4) is 0 Å². The molecule has 0 aromatic rings. The summed E-state index contributed by atoms with van der Waals surface area (Å²) in [7, 11) is 7.51. The molecule has 11 heavy (non-hydrogen) atoms. The molecule has 1 aliphatic rings. The molecule has 0 N–H and O–H groups in total. The standard InChI is InChI=1S/C9H12BN/c1-3-4-9-8(7-10)5-6-11(9)2/h3-4,7H,1,5-6H2,2H3/b8-7-,9-4+. The summed E-state index contributed by atoms with van der Waals surface area (Å²) >= 11 is 0. The summed E-state index contributed by atoms with van der Waals surface area (Å²) in [5, 5.41) is 0. The first kappa shape index (κ1) is 8.18. The Bertz CT molecular complexity index is 216. The summed E-state index contributed by atoms with van der Waals surface area (Å²) in [6.45, 7) is 4.71. The number of likely N-dealkylation sites (tertiary alicyclic amines) is 1. The quantitative estimate of drug-likeness (QED) is 0.504. The number of nitrogens with zero attached hydrogens (tertiary/aromatic N) is 1. The van der Waals surface area contributed by atoms with Gasteiger partial charge in [0.15, 0.2) is 0 Å². The van der Waals surface area contributed by atoms with Crippen molar-refractivity contribution in [1.82, 2.24) is 4.90 Å². The average Bonchev–Trinajstić information content (AvgIpc) is 2.34. The number of likely N-dealkylation sites (N-methyl/N-ethyl adjacent to an activating group) is 1. The normalized spacial score (nSPS) is 25.0. The molecule has 2 heteroatoms. The van der Waals surface area contributed by atoms with Crippen LogP contribution >= 0.6 is 0 Å². The SMILES string of the molecule is [B]/C=C1/CCN(C)/C1=C/C=C. The first-order chi connectivity index (χ1) is 5.29. The third kappa shape index (κ3) is 1.56. The highest BCUT2D eigenvalue weighted by molar-refractivity contribution is 6.17. The molecule has 1 rings (SSSR count). The number of hydrogen-bond donors (Lipinski definition) is 0. The number of allylic oxidation sites excluding steroid dienone is 3. The lowest BCUT2D eigenvalue weighted by Gasteiger charge is -2.11. The molecule has 0 aromatic carbocycles. The van der Waals surface area contributed by atoms with E-state index >= 15 is 0 Å². The van der Waals surface area contributed by atoms with Crippen LogP contribution in [0.1, 0.15) is 6.42 Å². The van der Waals surface area contributed by atoms with Gasteiger partial charge < -0.3 is 4.90 Å². The van der Waals surface area contributed by atoms with E-state index < -0.39 is 0 Å². The molecule has 1 nitrogen and oxygen atoms in total. The molecule has 0 spiro atoms. The molecule has 1 fully saturated rings. The van der Waals surface area contributed by atoms with Crippen molar-refractivity contribution in [1.29, 1.82) is 0 Å². The fourth-order valence-corrected chi connectivity index (χ4v) is 1.30. The molecular formula is C9H12BN. The fraction of sp³-hybridized carbons (Fsp3) is 0.333. The second-order valence-electron chi connectivity index (χ2n) is 2.65. The highest BCUT2D eigenvalue weighted by Crippen LogP contribution is 2.24. The third-order valence-electron chi connectivity index (χ3n) is 1.93. The monoisotopic (exact) mass is 145 g/mol. The Morgan fingerprint density at radius 2 is 2.36 bits per heavy atom. The van der Waals surface area contributed by atoms with Gasteiger partial charge in [-0.05, 0) is 18.1 Å². The van der Waals surface area contributed by atoms with Gasteiger partial charge in [-0.3, -0.25) is 0 Å². The van der Waals surface area contributed by atoms with Crippen LogP contribution in [0.2, 0.25) is 0 Å². The Morgan fingerprint density at radius 1 is 1.64 bits per heavy atom. The van der Waals surface area contributed by atoms with Crippen LogP contribution in [0, 0.1) is 0 Å². The van der Waals surface area contributed by atoms with E-state index in [4.69, 9.17) is 7.85 Å². The van der Waals surface area contributed by atoms with Crippen LogP contribution in [0.3, 0.4) is 0 Å². The Hall–Kier alpha value is -0.915. The average molecular weight is 145 g/mol. The Balaban J connectivity index is 2.88. The van der Waals surface area contributed by atoms with Crippen molar-refractivity contribution in [3.63, 3.8) is 0 Å². The molecule has 0 bridgehead atoms. The zero-order valence-electron chi connectivity index (χ0n) is 6.88. The van der Waals surface area contributed by atoms with E-state index in [0.717, 1.165) is 13.0 Å². The highest BCUT2D eigenvalue weighted by atomic mass is 15.1. The molecule has 2 radical (unpaired) electrons. The molecule has 0 atom stereocenters. The van der Waals surface area contributed by atoms with Crippen LogP contribution in [-0.2, 0) is 0 Å². The number of hydrogen-bond acceptors (Lipinski definition) is 1. The summed E-state index contributed by atoms with van der Waals surface area (Å²) in [5.41, 5.74) is 2.41. The van der Waals surface area contributed by atoms with Crippen molar-refractivity contribution >= 4 is 7.85 Å². The summed E-state index contributed by atoms with van der Waals surface area (Å²) in [4.78, 5) is 2.18. The van der Waals surface area contributed by atoms with E-state index in [2.05, 4.69) is 18.5 Å². The van der Waals surface area contributed by atoms with Gasteiger partial charge >= 0.3 is 0 Å². The molecule has 56 valence electrons. The first-order valence-electron chi connectivity index (χ1n) is 3.74. The Kier molecular flexibility index (Phi) is 2.58. The highest BCUT2D eigenvalue weighted by Gasteiger charge is 2.15. The van der Waals surface area contributed by atoms with Crippen LogP contribution in [0.15, 0.2) is 36.0 Å². The predicted octanol–water partition coefficient (Wildman–Crippen LogP) is 1.44. The van der Waals surface area contributed by atoms with E-state index in [1.165, 1.54) is 11.3 Å². The maximum Gasteiger partial charge on any atom is 0.103 e. The lowest BCUT2D eigenvalue weighted by atomic mass is 10.0. The smallest absolute Gasteiger partial charge is 0.103 e. The molecule has 0 saturated carbocycles. The van der Waals surface area contributed by atoms with Crippen LogP contribution in [0.4, 0.5) is 0 Å². The summed E-state index contributed by atoms with van der Waals surface area (Å²) < 4.78 is 0. The van der Waals surface area contributed by atoms with Gasteiger partial charge in [-0.1, -0.05) is 12.7 Å². The minimum atomic E-state index is 1.05. The second kappa shape index (κ2) is 3.47. The minimum Gasteiger partial charge on any atom is -0.374 e. The van der Waals surface area contributed by atoms with Crippen LogP contribution in [0.25, 0.3) is 0 Å². The van der Waals surface area contributed by atoms with Crippen molar-refractivity contribution in [2.24, 2.45) is 0 Å². The molecule has 1 saturated heterocycles.